The van der Waals surface area contributed by atoms with Gasteiger partial charge in [-0.3, -0.25) is 9.59 Å². The quantitative estimate of drug-likeness (QED) is 0.399. The highest BCUT2D eigenvalue weighted by Gasteiger charge is 2.31. The summed E-state index contributed by atoms with van der Waals surface area (Å²) in [6.07, 6.45) is 0.359. The molecule has 3 rings (SSSR count). The van der Waals surface area contributed by atoms with Crippen LogP contribution in [0, 0.1) is 0 Å². The highest BCUT2D eigenvalue weighted by Crippen LogP contribution is 2.24. The molecule has 5 nitrogen and oxygen atoms in total. The fraction of sp³-hybridized carbons (Fsp3) is 0.259. The average molecular weight is 499 g/mol. The van der Waals surface area contributed by atoms with Gasteiger partial charge in [0.05, 0.1) is 5.02 Å². The summed E-state index contributed by atoms with van der Waals surface area (Å²) in [6, 6.07) is 23.0. The van der Waals surface area contributed by atoms with Crippen molar-refractivity contribution in [2.24, 2.45) is 0 Å². The standard InChI is InChI=1S/C27H28Cl2N2O3/c1-19(2)30-27(33)24(16-20-9-4-3-5-10-20)31(17-21-11-8-12-22(28)15-21)26(32)18-34-25-14-7-6-13-23(25)29/h3-15,19,24H,16-18H2,1-2H3,(H,30,33)/t24-/m0/s1. The summed E-state index contributed by atoms with van der Waals surface area (Å²) in [5, 5.41) is 3.93. The number of carbonyl (C=O) groups excluding carboxylic acids is 2. The van der Waals surface area contributed by atoms with E-state index in [-0.39, 0.29) is 31.0 Å². The van der Waals surface area contributed by atoms with E-state index in [0.717, 1.165) is 11.1 Å². The second-order valence-corrected chi connectivity index (χ2v) is 9.08. The molecule has 0 radical (unpaired) electrons. The van der Waals surface area contributed by atoms with Gasteiger partial charge in [0.2, 0.25) is 5.91 Å². The minimum atomic E-state index is -0.744. The third-order valence-electron chi connectivity index (χ3n) is 5.13. The van der Waals surface area contributed by atoms with Gasteiger partial charge < -0.3 is 15.0 Å². The van der Waals surface area contributed by atoms with Crippen molar-refractivity contribution in [3.05, 3.63) is 100 Å². The van der Waals surface area contributed by atoms with E-state index in [1.807, 2.05) is 56.3 Å². The first-order chi connectivity index (χ1) is 16.3. The van der Waals surface area contributed by atoms with Crippen molar-refractivity contribution in [3.63, 3.8) is 0 Å². The summed E-state index contributed by atoms with van der Waals surface area (Å²) in [4.78, 5) is 28.3. The summed E-state index contributed by atoms with van der Waals surface area (Å²) in [6.45, 7) is 3.72. The number of ether oxygens (including phenoxy) is 1. The monoisotopic (exact) mass is 498 g/mol. The lowest BCUT2D eigenvalue weighted by atomic mass is 10.0. The highest BCUT2D eigenvalue weighted by molar-refractivity contribution is 6.32. The zero-order chi connectivity index (χ0) is 24.5. The molecule has 1 N–H and O–H groups in total. The van der Waals surface area contributed by atoms with Crippen LogP contribution < -0.4 is 10.1 Å². The van der Waals surface area contributed by atoms with Crippen LogP contribution in [-0.4, -0.2) is 35.4 Å². The van der Waals surface area contributed by atoms with Gasteiger partial charge in [-0.1, -0.05) is 77.8 Å². The SMILES string of the molecule is CC(C)NC(=O)[C@H](Cc1ccccc1)N(Cc1cccc(Cl)c1)C(=O)COc1ccccc1Cl. The van der Waals surface area contributed by atoms with E-state index < -0.39 is 6.04 Å². The predicted molar refractivity (Wildman–Crippen MR) is 136 cm³/mol. The Morgan fingerprint density at radius 2 is 1.59 bits per heavy atom. The Balaban J connectivity index is 1.92. The van der Waals surface area contributed by atoms with E-state index in [1.165, 1.54) is 0 Å². The number of halogens is 2. The number of nitrogens with one attached hydrogen (secondary N) is 1. The second-order valence-electron chi connectivity index (χ2n) is 8.24. The maximum Gasteiger partial charge on any atom is 0.261 e. The van der Waals surface area contributed by atoms with Crippen molar-refractivity contribution in [2.75, 3.05) is 6.61 Å². The molecule has 0 bridgehead atoms. The smallest absolute Gasteiger partial charge is 0.261 e. The molecule has 0 unspecified atom stereocenters. The molecular weight excluding hydrogens is 471 g/mol. The molecule has 0 aliphatic heterocycles. The number of hydrogen-bond donors (Lipinski definition) is 1. The van der Waals surface area contributed by atoms with Gasteiger partial charge >= 0.3 is 0 Å². The van der Waals surface area contributed by atoms with Gasteiger partial charge in [0, 0.05) is 24.0 Å². The first kappa shape index (κ1) is 25.6. The third kappa shape index (κ3) is 7.51. The van der Waals surface area contributed by atoms with Crippen LogP contribution in [0.2, 0.25) is 10.0 Å². The molecule has 34 heavy (non-hydrogen) atoms. The fourth-order valence-electron chi connectivity index (χ4n) is 3.55. The maximum absolute atomic E-state index is 13.5. The Labute approximate surface area is 210 Å². The topological polar surface area (TPSA) is 58.6 Å². The lowest BCUT2D eigenvalue weighted by Crippen LogP contribution is -2.52. The molecule has 0 saturated carbocycles. The van der Waals surface area contributed by atoms with Gasteiger partial charge in [0.25, 0.3) is 5.91 Å². The number of rotatable bonds is 10. The van der Waals surface area contributed by atoms with Gasteiger partial charge in [0.15, 0.2) is 6.61 Å². The largest absolute Gasteiger partial charge is 0.482 e. The first-order valence-corrected chi connectivity index (χ1v) is 11.8. The molecule has 0 fully saturated rings. The number of para-hydroxylation sites is 1. The Bertz CT molecular complexity index is 1110. The van der Waals surface area contributed by atoms with Crippen LogP contribution in [0.25, 0.3) is 0 Å². The number of benzene rings is 3. The van der Waals surface area contributed by atoms with Crippen LogP contribution in [-0.2, 0) is 22.6 Å². The van der Waals surface area contributed by atoms with Crippen molar-refractivity contribution in [1.29, 1.82) is 0 Å². The van der Waals surface area contributed by atoms with E-state index >= 15 is 0 Å². The minimum absolute atomic E-state index is 0.0757. The lowest BCUT2D eigenvalue weighted by Gasteiger charge is -2.32. The van der Waals surface area contributed by atoms with E-state index in [2.05, 4.69) is 5.32 Å². The number of nitrogens with zero attached hydrogens (tertiary/aromatic N) is 1. The third-order valence-corrected chi connectivity index (χ3v) is 5.68. The molecular formula is C27H28Cl2N2O3. The predicted octanol–water partition coefficient (Wildman–Crippen LogP) is 5.54. The van der Waals surface area contributed by atoms with Crippen LogP contribution in [0.1, 0.15) is 25.0 Å². The Hall–Kier alpha value is -3.02. The van der Waals surface area contributed by atoms with E-state index in [0.29, 0.717) is 22.2 Å². The Morgan fingerprint density at radius 1 is 0.912 bits per heavy atom. The summed E-state index contributed by atoms with van der Waals surface area (Å²) >= 11 is 12.4. The molecule has 7 heteroatoms. The minimum Gasteiger partial charge on any atom is -0.482 e. The summed E-state index contributed by atoms with van der Waals surface area (Å²) < 4.78 is 5.72. The van der Waals surface area contributed by atoms with E-state index in [1.54, 1.807) is 41.3 Å². The number of hydrogen-bond acceptors (Lipinski definition) is 3. The molecule has 1 atom stereocenters. The lowest BCUT2D eigenvalue weighted by molar-refractivity contribution is -0.143. The molecule has 0 heterocycles. The van der Waals surface area contributed by atoms with Gasteiger partial charge in [0.1, 0.15) is 11.8 Å². The summed E-state index contributed by atoms with van der Waals surface area (Å²) in [5.41, 5.74) is 1.76. The molecule has 0 saturated heterocycles. The van der Waals surface area contributed by atoms with Crippen molar-refractivity contribution in [2.45, 2.75) is 38.9 Å². The van der Waals surface area contributed by atoms with Gasteiger partial charge in [-0.15, -0.1) is 0 Å². The zero-order valence-electron chi connectivity index (χ0n) is 19.2. The summed E-state index contributed by atoms with van der Waals surface area (Å²) in [7, 11) is 0. The Morgan fingerprint density at radius 3 is 2.26 bits per heavy atom. The number of carbonyl (C=O) groups is 2. The van der Waals surface area contributed by atoms with Gasteiger partial charge in [-0.25, -0.2) is 0 Å². The first-order valence-electron chi connectivity index (χ1n) is 11.1. The molecule has 0 aromatic heterocycles. The normalized spacial score (nSPS) is 11.7. The van der Waals surface area contributed by atoms with Crippen LogP contribution in [0.3, 0.4) is 0 Å². The second kappa shape index (κ2) is 12.4. The molecule has 0 spiro atoms. The molecule has 3 aromatic carbocycles. The van der Waals surface area contributed by atoms with Gasteiger partial charge in [-0.05, 0) is 49.2 Å². The van der Waals surface area contributed by atoms with Crippen molar-refractivity contribution in [3.8, 4) is 5.75 Å². The van der Waals surface area contributed by atoms with Crippen LogP contribution in [0.4, 0.5) is 0 Å². The van der Waals surface area contributed by atoms with Crippen LogP contribution >= 0.6 is 23.2 Å². The zero-order valence-corrected chi connectivity index (χ0v) is 20.7. The van der Waals surface area contributed by atoms with Crippen LogP contribution in [0.5, 0.6) is 5.75 Å². The fourth-order valence-corrected chi connectivity index (χ4v) is 3.95. The molecule has 3 aromatic rings. The van der Waals surface area contributed by atoms with E-state index in [4.69, 9.17) is 27.9 Å². The van der Waals surface area contributed by atoms with Crippen molar-refractivity contribution < 1.29 is 14.3 Å². The Kier molecular flexibility index (Phi) is 9.37. The van der Waals surface area contributed by atoms with E-state index in [9.17, 15) is 9.59 Å². The highest BCUT2D eigenvalue weighted by atomic mass is 35.5. The van der Waals surface area contributed by atoms with Crippen molar-refractivity contribution in [1.82, 2.24) is 10.2 Å². The molecule has 0 aliphatic carbocycles. The average Bonchev–Trinajstić information content (AvgIpc) is 2.81. The summed E-state index contributed by atoms with van der Waals surface area (Å²) in [5.74, 6) is -0.154. The van der Waals surface area contributed by atoms with Gasteiger partial charge in [-0.2, -0.15) is 0 Å². The molecule has 2 amide bonds. The van der Waals surface area contributed by atoms with Crippen molar-refractivity contribution >= 4 is 35.0 Å². The van der Waals surface area contributed by atoms with Crippen LogP contribution in [0.15, 0.2) is 78.9 Å². The molecule has 178 valence electrons. The number of amides is 2. The molecule has 0 aliphatic rings. The maximum atomic E-state index is 13.5.